The number of carbonyl (C=O) groups is 1. The summed E-state index contributed by atoms with van der Waals surface area (Å²) in [5, 5.41) is 4.96. The fraction of sp³-hybridized carbons (Fsp3) is 0.278. The van der Waals surface area contributed by atoms with Gasteiger partial charge >= 0.3 is 0 Å². The van der Waals surface area contributed by atoms with E-state index in [0.29, 0.717) is 18.3 Å². The fourth-order valence-electron chi connectivity index (χ4n) is 3.18. The number of hydrogen-bond acceptors (Lipinski definition) is 4. The van der Waals surface area contributed by atoms with E-state index in [4.69, 9.17) is 5.73 Å². The topological polar surface area (TPSA) is 85.8 Å². The van der Waals surface area contributed by atoms with Crippen LogP contribution in [0.4, 0.5) is 5.82 Å². The number of amides is 1. The number of imidazole rings is 1. The lowest BCUT2D eigenvalue weighted by Crippen LogP contribution is -2.37. The Morgan fingerprint density at radius 1 is 1.33 bits per heavy atom. The van der Waals surface area contributed by atoms with Gasteiger partial charge in [-0.2, -0.15) is 0 Å². The van der Waals surface area contributed by atoms with E-state index in [0.717, 1.165) is 29.2 Å². The molecule has 0 aliphatic heterocycles. The maximum absolute atomic E-state index is 12.3. The molecular weight excluding hydrogens is 302 g/mol. The van der Waals surface area contributed by atoms with Gasteiger partial charge in [-0.25, -0.2) is 4.98 Å². The summed E-state index contributed by atoms with van der Waals surface area (Å²) >= 11 is 0. The summed E-state index contributed by atoms with van der Waals surface area (Å²) in [6, 6.07) is 8.54. The number of aromatic nitrogens is 3. The van der Waals surface area contributed by atoms with Crippen molar-refractivity contribution in [3.63, 3.8) is 0 Å². The number of anilines is 1. The standard InChI is InChI=1S/C18H19N5O/c19-14-7-15(8-14)23-10-17(21-11-23)22-18(24)6-12-2-1-3-13-9-20-5-4-16(12)13/h1-5,9-11,14-15H,6-8,19H2,(H,22,24)/t14-,15+. The molecule has 0 atom stereocenters. The summed E-state index contributed by atoms with van der Waals surface area (Å²) in [5.41, 5.74) is 6.80. The van der Waals surface area contributed by atoms with E-state index in [1.54, 1.807) is 12.5 Å². The van der Waals surface area contributed by atoms with Crippen LogP contribution in [-0.2, 0) is 11.2 Å². The van der Waals surface area contributed by atoms with Crippen LogP contribution in [0.5, 0.6) is 0 Å². The molecule has 1 fully saturated rings. The van der Waals surface area contributed by atoms with E-state index in [9.17, 15) is 4.79 Å². The predicted octanol–water partition coefficient (Wildman–Crippen LogP) is 2.27. The molecule has 1 saturated carbocycles. The van der Waals surface area contributed by atoms with Crippen molar-refractivity contribution in [2.24, 2.45) is 5.73 Å². The van der Waals surface area contributed by atoms with Gasteiger partial charge in [0, 0.05) is 36.1 Å². The molecule has 6 nitrogen and oxygen atoms in total. The molecule has 0 bridgehead atoms. The Morgan fingerprint density at radius 3 is 3.04 bits per heavy atom. The van der Waals surface area contributed by atoms with Crippen molar-refractivity contribution in [1.29, 1.82) is 0 Å². The number of carbonyl (C=O) groups excluding carboxylic acids is 1. The molecule has 4 rings (SSSR count). The molecule has 24 heavy (non-hydrogen) atoms. The zero-order valence-electron chi connectivity index (χ0n) is 13.2. The van der Waals surface area contributed by atoms with E-state index in [1.807, 2.05) is 41.2 Å². The van der Waals surface area contributed by atoms with E-state index >= 15 is 0 Å². The second kappa shape index (κ2) is 6.05. The van der Waals surface area contributed by atoms with Gasteiger partial charge in [0.05, 0.1) is 12.7 Å². The zero-order valence-corrected chi connectivity index (χ0v) is 13.2. The highest BCUT2D eigenvalue weighted by atomic mass is 16.1. The maximum atomic E-state index is 12.3. The zero-order chi connectivity index (χ0) is 16.5. The molecule has 1 aromatic carbocycles. The lowest BCUT2D eigenvalue weighted by Gasteiger charge is -2.33. The lowest BCUT2D eigenvalue weighted by atomic mass is 9.87. The smallest absolute Gasteiger partial charge is 0.230 e. The van der Waals surface area contributed by atoms with E-state index in [-0.39, 0.29) is 11.9 Å². The Balaban J connectivity index is 1.45. The number of hydrogen-bond donors (Lipinski definition) is 2. The number of nitrogens with two attached hydrogens (primary N) is 1. The van der Waals surface area contributed by atoms with Crippen LogP contribution in [0.3, 0.4) is 0 Å². The second-order valence-electron chi connectivity index (χ2n) is 6.33. The van der Waals surface area contributed by atoms with Gasteiger partial charge in [0.2, 0.25) is 5.91 Å². The quantitative estimate of drug-likeness (QED) is 0.772. The minimum Gasteiger partial charge on any atom is -0.332 e. The van der Waals surface area contributed by atoms with Crippen molar-refractivity contribution in [1.82, 2.24) is 14.5 Å². The van der Waals surface area contributed by atoms with E-state index < -0.39 is 0 Å². The molecule has 0 radical (unpaired) electrons. The number of rotatable bonds is 4. The Bertz CT molecular complexity index is 877. The minimum absolute atomic E-state index is 0.0742. The Kier molecular flexibility index (Phi) is 3.74. The van der Waals surface area contributed by atoms with Crippen LogP contribution in [0.15, 0.2) is 49.2 Å². The summed E-state index contributed by atoms with van der Waals surface area (Å²) in [5.74, 6) is 0.511. The maximum Gasteiger partial charge on any atom is 0.230 e. The summed E-state index contributed by atoms with van der Waals surface area (Å²) in [4.78, 5) is 20.7. The van der Waals surface area contributed by atoms with E-state index in [1.165, 1.54) is 0 Å². The largest absolute Gasteiger partial charge is 0.332 e. The SMILES string of the molecule is N[C@H]1C[C@@H](n2cnc(NC(=O)Cc3cccc4cnccc34)c2)C1. The molecule has 3 aromatic rings. The third-order valence-electron chi connectivity index (χ3n) is 4.56. The van der Waals surface area contributed by atoms with Gasteiger partial charge in [0.1, 0.15) is 0 Å². The Hall–Kier alpha value is -2.73. The van der Waals surface area contributed by atoms with Crippen LogP contribution in [0, 0.1) is 0 Å². The molecule has 0 spiro atoms. The van der Waals surface area contributed by atoms with Gasteiger partial charge in [-0.15, -0.1) is 0 Å². The minimum atomic E-state index is -0.0742. The van der Waals surface area contributed by atoms with E-state index in [2.05, 4.69) is 15.3 Å². The van der Waals surface area contributed by atoms with Crippen LogP contribution < -0.4 is 11.1 Å². The molecule has 6 heteroatoms. The number of fused-ring (bicyclic) bond motifs is 1. The highest BCUT2D eigenvalue weighted by Crippen LogP contribution is 2.31. The van der Waals surface area contributed by atoms with Crippen molar-refractivity contribution >= 4 is 22.5 Å². The van der Waals surface area contributed by atoms with Gasteiger partial charge in [-0.3, -0.25) is 9.78 Å². The Morgan fingerprint density at radius 2 is 2.21 bits per heavy atom. The average molecular weight is 321 g/mol. The molecule has 122 valence electrons. The van der Waals surface area contributed by atoms with Gasteiger partial charge in [-0.1, -0.05) is 18.2 Å². The van der Waals surface area contributed by atoms with Crippen molar-refractivity contribution in [3.05, 3.63) is 54.7 Å². The number of nitrogens with one attached hydrogen (secondary N) is 1. The lowest BCUT2D eigenvalue weighted by molar-refractivity contribution is -0.115. The van der Waals surface area contributed by atoms with Crippen LogP contribution in [0.2, 0.25) is 0 Å². The second-order valence-corrected chi connectivity index (χ2v) is 6.33. The first-order chi connectivity index (χ1) is 11.7. The number of benzene rings is 1. The highest BCUT2D eigenvalue weighted by Gasteiger charge is 2.27. The fourth-order valence-corrected chi connectivity index (χ4v) is 3.18. The summed E-state index contributed by atoms with van der Waals surface area (Å²) in [6.45, 7) is 0. The summed E-state index contributed by atoms with van der Waals surface area (Å²) in [6.07, 6.45) is 9.43. The molecule has 3 N–H and O–H groups in total. The molecule has 0 unspecified atom stereocenters. The molecule has 1 aliphatic rings. The molecule has 2 heterocycles. The third-order valence-corrected chi connectivity index (χ3v) is 4.56. The predicted molar refractivity (Wildman–Crippen MR) is 92.6 cm³/mol. The van der Waals surface area contributed by atoms with Crippen LogP contribution in [0.25, 0.3) is 10.8 Å². The summed E-state index contributed by atoms with van der Waals surface area (Å²) < 4.78 is 2.03. The van der Waals surface area contributed by atoms with Crippen molar-refractivity contribution < 1.29 is 4.79 Å². The van der Waals surface area contributed by atoms with Gasteiger partial charge < -0.3 is 15.6 Å². The molecule has 1 amide bonds. The molecule has 0 saturated heterocycles. The monoisotopic (exact) mass is 321 g/mol. The van der Waals surface area contributed by atoms with Crippen LogP contribution in [0.1, 0.15) is 24.4 Å². The molecular formula is C18H19N5O. The molecule has 2 aromatic heterocycles. The Labute approximate surface area is 139 Å². The number of nitrogens with zero attached hydrogens (tertiary/aromatic N) is 3. The highest BCUT2D eigenvalue weighted by molar-refractivity contribution is 5.95. The van der Waals surface area contributed by atoms with Gasteiger partial charge in [0.25, 0.3) is 0 Å². The van der Waals surface area contributed by atoms with Crippen molar-refractivity contribution in [2.75, 3.05) is 5.32 Å². The third kappa shape index (κ3) is 2.88. The first kappa shape index (κ1) is 14.8. The number of pyridine rings is 1. The average Bonchev–Trinajstić information content (AvgIpc) is 3.00. The van der Waals surface area contributed by atoms with Crippen molar-refractivity contribution in [2.45, 2.75) is 31.3 Å². The normalized spacial score (nSPS) is 19.9. The van der Waals surface area contributed by atoms with Crippen LogP contribution in [-0.4, -0.2) is 26.5 Å². The van der Waals surface area contributed by atoms with Gasteiger partial charge in [0.15, 0.2) is 5.82 Å². The van der Waals surface area contributed by atoms with Gasteiger partial charge in [-0.05, 0) is 29.9 Å². The molecule has 1 aliphatic carbocycles. The first-order valence-electron chi connectivity index (χ1n) is 8.09. The van der Waals surface area contributed by atoms with Crippen LogP contribution >= 0.6 is 0 Å². The van der Waals surface area contributed by atoms with Crippen molar-refractivity contribution in [3.8, 4) is 0 Å². The first-order valence-corrected chi connectivity index (χ1v) is 8.09. The summed E-state index contributed by atoms with van der Waals surface area (Å²) in [7, 11) is 0.